The number of benzene rings is 9. The molecule has 13 aromatic rings. The molecule has 342 valence electrons. The quantitative estimate of drug-likeness (QED) is 0.156. The van der Waals surface area contributed by atoms with Gasteiger partial charge in [-0.05, 0) is 92.1 Å². The van der Waals surface area contributed by atoms with E-state index in [0.29, 0.717) is 17.8 Å². The van der Waals surface area contributed by atoms with E-state index in [2.05, 4.69) is 216 Å². The second-order valence-electron chi connectivity index (χ2n) is 18.1. The maximum atomic E-state index is 5.61. The zero-order chi connectivity index (χ0) is 48.3. The van der Waals surface area contributed by atoms with Crippen molar-refractivity contribution in [3.05, 3.63) is 251 Å². The van der Waals surface area contributed by atoms with E-state index >= 15 is 0 Å². The van der Waals surface area contributed by atoms with E-state index in [0.717, 1.165) is 115 Å². The summed E-state index contributed by atoms with van der Waals surface area (Å²) in [5.74, 6) is 1.32. The van der Waals surface area contributed by atoms with Crippen LogP contribution < -0.4 is 16.1 Å². The summed E-state index contributed by atoms with van der Waals surface area (Å²) in [7, 11) is 0. The first kappa shape index (κ1) is 42.5. The number of para-hydroxylation sites is 9. The summed E-state index contributed by atoms with van der Waals surface area (Å²) in [5, 5.41) is 8.37. The molecule has 0 unspecified atom stereocenters. The zero-order valence-electron chi connectivity index (χ0n) is 39.8. The first-order chi connectivity index (χ1) is 35.5. The Morgan fingerprint density at radius 1 is 0.250 bits per heavy atom. The van der Waals surface area contributed by atoms with Crippen LogP contribution in [0.5, 0.6) is 0 Å². The standard InChI is InChI=1S/C63H45N9/c1-40-22-4-13-31-49(40)64-58-43-25-7-16-34-52(43)70(53-35-17-8-26-44(53)58)61-67-62(71-54-36-18-9-27-45(54)59(46-28-10-19-37-55(46)71)65-50-32-14-5-23-41(50)2)69-63(68-61)72-56-38-20-11-29-47(56)60(48-30-12-21-39-57(48)72)66-51-33-15-6-24-42(51)3/h4-39H,1-3H3. The highest BCUT2D eigenvalue weighted by atomic mass is 15.3. The monoisotopic (exact) mass is 927 g/mol. The molecule has 9 aromatic carbocycles. The number of fused-ring (bicyclic) bond motifs is 6. The molecular formula is C63H45N9. The molecule has 0 saturated carbocycles. The van der Waals surface area contributed by atoms with Crippen LogP contribution in [0.4, 0.5) is 17.1 Å². The van der Waals surface area contributed by atoms with Crippen LogP contribution in [0, 0.1) is 20.8 Å². The molecule has 0 aliphatic carbocycles. The van der Waals surface area contributed by atoms with Crippen LogP contribution in [0.15, 0.2) is 233 Å². The number of aryl methyl sites for hydroxylation is 3. The van der Waals surface area contributed by atoms with Crippen molar-refractivity contribution in [3.8, 4) is 17.8 Å². The Bertz CT molecular complexity index is 3920. The minimum absolute atomic E-state index is 0.438. The molecule has 9 nitrogen and oxygen atoms in total. The first-order valence-corrected chi connectivity index (χ1v) is 24.1. The molecule has 4 aromatic heterocycles. The molecule has 4 heterocycles. The summed E-state index contributed by atoms with van der Waals surface area (Å²) in [5.41, 5.74) is 11.4. The molecule has 0 amide bonds. The highest BCUT2D eigenvalue weighted by Gasteiger charge is 2.22. The van der Waals surface area contributed by atoms with E-state index in [9.17, 15) is 0 Å². The minimum atomic E-state index is 0.438. The Balaban J connectivity index is 1.20. The zero-order valence-corrected chi connectivity index (χ0v) is 39.8. The molecule has 72 heavy (non-hydrogen) atoms. The van der Waals surface area contributed by atoms with E-state index in [1.54, 1.807) is 0 Å². The molecule has 0 aliphatic rings. The van der Waals surface area contributed by atoms with Crippen LogP contribution in [-0.2, 0) is 0 Å². The SMILES string of the molecule is Cc1ccccc1N=c1c2ccccc2n(-c2nc(-n3c4ccccc4c(=Nc4ccccc4C)c4ccccc43)nc(-n3c4ccccc4c(=Nc4ccccc4C)c4ccccc43)n2)c2ccccc12. The van der Waals surface area contributed by atoms with Crippen molar-refractivity contribution in [1.82, 2.24) is 28.7 Å². The van der Waals surface area contributed by atoms with Crippen molar-refractivity contribution < 1.29 is 0 Å². The van der Waals surface area contributed by atoms with Crippen molar-refractivity contribution >= 4 is 82.5 Å². The lowest BCUT2D eigenvalue weighted by Crippen LogP contribution is -2.20. The second kappa shape index (κ2) is 17.4. The number of pyridine rings is 3. The molecular weight excluding hydrogens is 883 g/mol. The van der Waals surface area contributed by atoms with Gasteiger partial charge in [-0.1, -0.05) is 164 Å². The Hall–Kier alpha value is -9.60. The van der Waals surface area contributed by atoms with Gasteiger partial charge in [-0.3, -0.25) is 13.7 Å². The summed E-state index contributed by atoms with van der Waals surface area (Å²) in [4.78, 5) is 33.0. The fourth-order valence-electron chi connectivity index (χ4n) is 10.1. The summed E-state index contributed by atoms with van der Waals surface area (Å²) < 4.78 is 6.49. The molecule has 0 atom stereocenters. The molecule has 0 radical (unpaired) electrons. The highest BCUT2D eigenvalue weighted by Crippen LogP contribution is 2.31. The summed E-state index contributed by atoms with van der Waals surface area (Å²) >= 11 is 0. The largest absolute Gasteiger partial charge is 0.278 e. The van der Waals surface area contributed by atoms with Gasteiger partial charge in [-0.15, -0.1) is 0 Å². The van der Waals surface area contributed by atoms with E-state index in [1.165, 1.54) is 0 Å². The number of hydrogen-bond donors (Lipinski definition) is 0. The number of nitrogens with zero attached hydrogens (tertiary/aromatic N) is 9. The van der Waals surface area contributed by atoms with Crippen molar-refractivity contribution in [3.63, 3.8) is 0 Å². The van der Waals surface area contributed by atoms with Gasteiger partial charge < -0.3 is 0 Å². The molecule has 9 heteroatoms. The normalized spacial score (nSPS) is 11.5. The first-order valence-electron chi connectivity index (χ1n) is 24.1. The van der Waals surface area contributed by atoms with Crippen LogP contribution in [-0.4, -0.2) is 28.7 Å². The van der Waals surface area contributed by atoms with Crippen LogP contribution >= 0.6 is 0 Å². The van der Waals surface area contributed by atoms with Gasteiger partial charge in [0.25, 0.3) is 0 Å². The maximum Gasteiger partial charge on any atom is 0.241 e. The van der Waals surface area contributed by atoms with Crippen molar-refractivity contribution in [2.75, 3.05) is 0 Å². The molecule has 13 rings (SSSR count). The predicted octanol–water partition coefficient (Wildman–Crippen LogP) is 13.8. The Morgan fingerprint density at radius 3 is 0.667 bits per heavy atom. The van der Waals surface area contributed by atoms with Crippen molar-refractivity contribution in [2.45, 2.75) is 20.8 Å². The molecule has 0 spiro atoms. The van der Waals surface area contributed by atoms with Gasteiger partial charge in [0.1, 0.15) is 0 Å². The second-order valence-corrected chi connectivity index (χ2v) is 18.1. The van der Waals surface area contributed by atoms with Crippen molar-refractivity contribution in [2.24, 2.45) is 15.0 Å². The average Bonchev–Trinajstić information content (AvgIpc) is 3.42. The maximum absolute atomic E-state index is 5.61. The molecule has 0 bridgehead atoms. The van der Waals surface area contributed by atoms with E-state index in [-0.39, 0.29) is 0 Å². The number of rotatable bonds is 6. The number of aromatic nitrogens is 6. The van der Waals surface area contributed by atoms with Gasteiger partial charge >= 0.3 is 0 Å². The fourth-order valence-corrected chi connectivity index (χ4v) is 10.1. The van der Waals surface area contributed by atoms with Crippen LogP contribution in [0.2, 0.25) is 0 Å². The fraction of sp³-hybridized carbons (Fsp3) is 0.0476. The predicted molar refractivity (Wildman–Crippen MR) is 292 cm³/mol. The van der Waals surface area contributed by atoms with Crippen molar-refractivity contribution in [1.29, 1.82) is 0 Å². The van der Waals surface area contributed by atoms with Crippen LogP contribution in [0.25, 0.3) is 83.3 Å². The van der Waals surface area contributed by atoms with Gasteiger partial charge in [0.2, 0.25) is 17.8 Å². The van der Waals surface area contributed by atoms with E-state index in [4.69, 9.17) is 29.9 Å². The lowest BCUT2D eigenvalue weighted by Gasteiger charge is -2.21. The molecule has 0 aliphatic heterocycles. The molecule has 0 N–H and O–H groups in total. The van der Waals surface area contributed by atoms with Crippen LogP contribution in [0.3, 0.4) is 0 Å². The average molecular weight is 928 g/mol. The van der Waals surface area contributed by atoms with Crippen LogP contribution in [0.1, 0.15) is 16.7 Å². The Kier molecular flexibility index (Phi) is 10.3. The Morgan fingerprint density at radius 2 is 0.444 bits per heavy atom. The smallest absolute Gasteiger partial charge is 0.241 e. The third-order valence-electron chi connectivity index (χ3n) is 13.6. The lowest BCUT2D eigenvalue weighted by atomic mass is 10.1. The van der Waals surface area contributed by atoms with Gasteiger partial charge in [0, 0.05) is 32.3 Å². The van der Waals surface area contributed by atoms with E-state index in [1.807, 2.05) is 36.4 Å². The van der Waals surface area contributed by atoms with Gasteiger partial charge in [-0.25, -0.2) is 15.0 Å². The Labute approximate surface area is 414 Å². The van der Waals surface area contributed by atoms with Gasteiger partial charge in [-0.2, -0.15) is 15.0 Å². The minimum Gasteiger partial charge on any atom is -0.278 e. The topological polar surface area (TPSA) is 90.5 Å². The van der Waals surface area contributed by atoms with Gasteiger partial charge in [0.15, 0.2) is 0 Å². The number of hydrogen-bond acceptors (Lipinski definition) is 6. The lowest BCUT2D eigenvalue weighted by molar-refractivity contribution is 0.843. The molecule has 0 saturated heterocycles. The third kappa shape index (κ3) is 7.09. The summed E-state index contributed by atoms with van der Waals surface area (Å²) in [6.07, 6.45) is 0. The third-order valence-corrected chi connectivity index (χ3v) is 13.6. The summed E-state index contributed by atoms with van der Waals surface area (Å²) in [6.45, 7) is 6.30. The van der Waals surface area contributed by atoms with Gasteiger partial charge in [0.05, 0.1) is 66.2 Å². The molecule has 0 fully saturated rings. The van der Waals surface area contributed by atoms with E-state index < -0.39 is 0 Å². The highest BCUT2D eigenvalue weighted by molar-refractivity contribution is 5.98. The summed E-state index contributed by atoms with van der Waals surface area (Å²) in [6, 6.07) is 75.1.